The fourth-order valence-electron chi connectivity index (χ4n) is 2.11. The molecule has 3 heteroatoms. The van der Waals surface area contributed by atoms with E-state index in [-0.39, 0.29) is 0 Å². The van der Waals surface area contributed by atoms with Gasteiger partial charge in [-0.2, -0.15) is 0 Å². The molecule has 1 aromatic rings. The molecule has 88 valence electrons. The zero-order valence-electron chi connectivity index (χ0n) is 9.86. The van der Waals surface area contributed by atoms with Crippen LogP contribution in [0, 0.1) is 6.92 Å². The van der Waals surface area contributed by atoms with Crippen molar-refractivity contribution in [1.82, 2.24) is 0 Å². The van der Waals surface area contributed by atoms with Crippen molar-refractivity contribution in [2.24, 2.45) is 0 Å². The van der Waals surface area contributed by atoms with Crippen LogP contribution in [0.4, 0.5) is 5.69 Å². The summed E-state index contributed by atoms with van der Waals surface area (Å²) in [6.45, 7) is 4.95. The Hall–Kier alpha value is -1.22. The van der Waals surface area contributed by atoms with Crippen LogP contribution in [0.3, 0.4) is 0 Å². The molecule has 16 heavy (non-hydrogen) atoms. The van der Waals surface area contributed by atoms with Crippen LogP contribution in [0.1, 0.15) is 25.3 Å². The van der Waals surface area contributed by atoms with Crippen LogP contribution in [-0.2, 0) is 4.74 Å². The summed E-state index contributed by atoms with van der Waals surface area (Å²) in [4.78, 5) is 0. The Bertz CT molecular complexity index is 365. The van der Waals surface area contributed by atoms with Crippen LogP contribution in [0.5, 0.6) is 5.75 Å². The van der Waals surface area contributed by atoms with E-state index < -0.39 is 0 Å². The van der Waals surface area contributed by atoms with Crippen LogP contribution in [0.25, 0.3) is 0 Å². The molecule has 2 N–H and O–H groups in total. The van der Waals surface area contributed by atoms with Gasteiger partial charge in [0.05, 0.1) is 12.2 Å². The Morgan fingerprint density at radius 2 is 2.25 bits per heavy atom. The Morgan fingerprint density at radius 3 is 2.88 bits per heavy atom. The maximum atomic E-state index is 9.30. The number of phenolic OH excluding ortho intramolecular Hbond substituents is 1. The summed E-state index contributed by atoms with van der Waals surface area (Å²) in [5.74, 6) is 0.314. The first-order chi connectivity index (χ1) is 7.65. The molecule has 0 aromatic heterocycles. The van der Waals surface area contributed by atoms with Gasteiger partial charge in [0.15, 0.2) is 0 Å². The molecule has 0 radical (unpaired) electrons. The fraction of sp³-hybridized carbons (Fsp3) is 0.538. The molecular formula is C13H19NO2. The third-order valence-corrected chi connectivity index (χ3v) is 3.05. The molecule has 2 unspecified atom stereocenters. The lowest BCUT2D eigenvalue weighted by Gasteiger charge is -2.14. The lowest BCUT2D eigenvalue weighted by molar-refractivity contribution is 0.0637. The molecule has 1 aliphatic rings. The summed E-state index contributed by atoms with van der Waals surface area (Å²) in [6, 6.07) is 5.37. The molecule has 3 nitrogen and oxygen atoms in total. The molecule has 0 saturated carbocycles. The van der Waals surface area contributed by atoms with Gasteiger partial charge in [0.1, 0.15) is 5.75 Å². The van der Waals surface area contributed by atoms with Gasteiger partial charge in [-0.25, -0.2) is 0 Å². The number of hydrogen-bond donors (Lipinski definition) is 2. The Balaban J connectivity index is 1.89. The third kappa shape index (κ3) is 2.67. The van der Waals surface area contributed by atoms with Crippen molar-refractivity contribution < 1.29 is 9.84 Å². The largest absolute Gasteiger partial charge is 0.508 e. The van der Waals surface area contributed by atoms with Gasteiger partial charge >= 0.3 is 0 Å². The van der Waals surface area contributed by atoms with E-state index in [1.54, 1.807) is 12.1 Å². The monoisotopic (exact) mass is 221 g/mol. The molecule has 0 aliphatic carbocycles. The van der Waals surface area contributed by atoms with Crippen molar-refractivity contribution in [3.05, 3.63) is 23.8 Å². The Labute approximate surface area is 96.4 Å². The molecule has 1 aliphatic heterocycles. The van der Waals surface area contributed by atoms with E-state index in [2.05, 4.69) is 12.2 Å². The minimum Gasteiger partial charge on any atom is -0.508 e. The fourth-order valence-corrected chi connectivity index (χ4v) is 2.11. The summed E-state index contributed by atoms with van der Waals surface area (Å²) in [6.07, 6.45) is 3.00. The minimum atomic E-state index is 0.314. The van der Waals surface area contributed by atoms with Gasteiger partial charge in [-0.15, -0.1) is 0 Å². The number of phenols is 1. The summed E-state index contributed by atoms with van der Waals surface area (Å²) >= 11 is 0. The normalized spacial score (nSPS) is 24.6. The standard InChI is InChI=1S/C13H19NO2/c1-9-7-11(15)4-6-13(9)14-8-12-5-3-10(2)16-12/h4,6-7,10,12,14-15H,3,5,8H2,1-2H3. The van der Waals surface area contributed by atoms with Crippen LogP contribution < -0.4 is 5.32 Å². The third-order valence-electron chi connectivity index (χ3n) is 3.05. The highest BCUT2D eigenvalue weighted by Gasteiger charge is 2.21. The summed E-state index contributed by atoms with van der Waals surface area (Å²) < 4.78 is 5.73. The zero-order valence-corrected chi connectivity index (χ0v) is 9.86. The molecule has 1 heterocycles. The molecule has 0 amide bonds. The summed E-state index contributed by atoms with van der Waals surface area (Å²) in [7, 11) is 0. The molecule has 2 atom stereocenters. The zero-order chi connectivity index (χ0) is 11.5. The number of hydrogen-bond acceptors (Lipinski definition) is 3. The molecule has 0 spiro atoms. The van der Waals surface area contributed by atoms with Crippen LogP contribution >= 0.6 is 0 Å². The second-order valence-electron chi connectivity index (χ2n) is 4.53. The topological polar surface area (TPSA) is 41.5 Å². The molecular weight excluding hydrogens is 202 g/mol. The Kier molecular flexibility index (Phi) is 3.34. The van der Waals surface area contributed by atoms with Gasteiger partial charge in [-0.05, 0) is 50.5 Å². The SMILES string of the molecule is Cc1cc(O)ccc1NCC1CCC(C)O1. The summed E-state index contributed by atoms with van der Waals surface area (Å²) in [5, 5.41) is 12.7. The van der Waals surface area contributed by atoms with Gasteiger partial charge in [0.25, 0.3) is 0 Å². The lowest BCUT2D eigenvalue weighted by atomic mass is 10.1. The van der Waals surface area contributed by atoms with E-state index in [0.29, 0.717) is 18.0 Å². The van der Waals surface area contributed by atoms with Crippen LogP contribution in [-0.4, -0.2) is 23.9 Å². The maximum Gasteiger partial charge on any atom is 0.115 e. The number of nitrogens with one attached hydrogen (secondary N) is 1. The van der Waals surface area contributed by atoms with E-state index in [1.165, 1.54) is 0 Å². The number of aryl methyl sites for hydroxylation is 1. The van der Waals surface area contributed by atoms with Crippen molar-refractivity contribution in [1.29, 1.82) is 0 Å². The quantitative estimate of drug-likeness (QED) is 0.771. The van der Waals surface area contributed by atoms with E-state index >= 15 is 0 Å². The van der Waals surface area contributed by atoms with Gasteiger partial charge in [0, 0.05) is 12.2 Å². The van der Waals surface area contributed by atoms with Gasteiger partial charge in [-0.1, -0.05) is 0 Å². The number of ether oxygens (including phenoxy) is 1. The smallest absolute Gasteiger partial charge is 0.115 e. The highest BCUT2D eigenvalue weighted by atomic mass is 16.5. The van der Waals surface area contributed by atoms with Crippen LogP contribution in [0.15, 0.2) is 18.2 Å². The number of aromatic hydroxyl groups is 1. The van der Waals surface area contributed by atoms with Gasteiger partial charge in [0.2, 0.25) is 0 Å². The average Bonchev–Trinajstić information content (AvgIpc) is 2.63. The highest BCUT2D eigenvalue weighted by molar-refractivity contribution is 5.53. The second-order valence-corrected chi connectivity index (χ2v) is 4.53. The molecule has 0 bridgehead atoms. The number of anilines is 1. The highest BCUT2D eigenvalue weighted by Crippen LogP contribution is 2.22. The van der Waals surface area contributed by atoms with Crippen molar-refractivity contribution in [3.63, 3.8) is 0 Å². The van der Waals surface area contributed by atoms with Crippen molar-refractivity contribution >= 4 is 5.69 Å². The number of benzene rings is 1. The maximum absolute atomic E-state index is 9.30. The predicted molar refractivity (Wildman–Crippen MR) is 64.9 cm³/mol. The van der Waals surface area contributed by atoms with E-state index in [9.17, 15) is 5.11 Å². The first-order valence-electron chi connectivity index (χ1n) is 5.84. The van der Waals surface area contributed by atoms with Crippen LogP contribution in [0.2, 0.25) is 0 Å². The average molecular weight is 221 g/mol. The minimum absolute atomic E-state index is 0.314. The second kappa shape index (κ2) is 4.74. The molecule has 2 rings (SSSR count). The van der Waals surface area contributed by atoms with E-state index in [4.69, 9.17) is 4.74 Å². The first-order valence-corrected chi connectivity index (χ1v) is 5.84. The molecule has 1 saturated heterocycles. The summed E-state index contributed by atoms with van der Waals surface area (Å²) in [5.41, 5.74) is 2.13. The van der Waals surface area contributed by atoms with Gasteiger partial charge < -0.3 is 15.2 Å². The molecule has 1 aromatic carbocycles. The van der Waals surface area contributed by atoms with Gasteiger partial charge in [-0.3, -0.25) is 0 Å². The predicted octanol–water partition coefficient (Wildman–Crippen LogP) is 2.68. The lowest BCUT2D eigenvalue weighted by Crippen LogP contribution is -2.20. The van der Waals surface area contributed by atoms with E-state index in [0.717, 1.165) is 30.6 Å². The van der Waals surface area contributed by atoms with Crippen molar-refractivity contribution in [2.45, 2.75) is 38.9 Å². The van der Waals surface area contributed by atoms with E-state index in [1.807, 2.05) is 13.0 Å². The van der Waals surface area contributed by atoms with Crippen molar-refractivity contribution in [2.75, 3.05) is 11.9 Å². The Morgan fingerprint density at radius 1 is 1.44 bits per heavy atom. The van der Waals surface area contributed by atoms with Crippen molar-refractivity contribution in [3.8, 4) is 5.75 Å². The molecule has 1 fully saturated rings. The first kappa shape index (κ1) is 11.3. The number of rotatable bonds is 3.